The van der Waals surface area contributed by atoms with Gasteiger partial charge in [0.25, 0.3) is 0 Å². The summed E-state index contributed by atoms with van der Waals surface area (Å²) >= 11 is 0. The fraction of sp³-hybridized carbons (Fsp3) is 0.118. The van der Waals surface area contributed by atoms with Crippen molar-refractivity contribution in [1.82, 2.24) is 0 Å². The van der Waals surface area contributed by atoms with E-state index in [0.717, 1.165) is 6.26 Å². The molecule has 1 N–H and O–H groups in total. The zero-order valence-electron chi connectivity index (χ0n) is 12.9. The predicted octanol–water partition coefficient (Wildman–Crippen LogP) is 3.94. The van der Waals surface area contributed by atoms with Crippen molar-refractivity contribution in [2.24, 2.45) is 0 Å². The van der Waals surface area contributed by atoms with Crippen molar-refractivity contribution < 1.29 is 31.5 Å². The second kappa shape index (κ2) is 6.72. The van der Waals surface area contributed by atoms with E-state index in [2.05, 4.69) is 0 Å². The Hall–Kier alpha value is -2.61. The summed E-state index contributed by atoms with van der Waals surface area (Å²) in [6, 6.07) is 11.7. The highest BCUT2D eigenvalue weighted by atomic mass is 32.2. The molecule has 25 heavy (non-hydrogen) atoms. The van der Waals surface area contributed by atoms with Crippen LogP contribution in [0, 0.1) is 0 Å². The van der Waals surface area contributed by atoms with Gasteiger partial charge in [0, 0.05) is 17.9 Å². The first-order chi connectivity index (χ1) is 11.5. The van der Waals surface area contributed by atoms with E-state index < -0.39 is 27.6 Å². The van der Waals surface area contributed by atoms with E-state index in [1.165, 1.54) is 36.4 Å². The number of sulfone groups is 1. The maximum absolute atomic E-state index is 12.2. The molecular formula is C17H13F3O4S. The van der Waals surface area contributed by atoms with Crippen LogP contribution >= 0.6 is 0 Å². The minimum absolute atomic E-state index is 0.0428. The van der Waals surface area contributed by atoms with Gasteiger partial charge in [-0.15, -0.1) is 0 Å². The number of aliphatic hydroxyl groups is 1. The van der Waals surface area contributed by atoms with Crippen LogP contribution < -0.4 is 0 Å². The van der Waals surface area contributed by atoms with Crippen molar-refractivity contribution in [1.29, 1.82) is 0 Å². The van der Waals surface area contributed by atoms with Crippen molar-refractivity contribution in [2.45, 2.75) is 11.1 Å². The molecule has 0 aromatic heterocycles. The third kappa shape index (κ3) is 4.69. The number of hydrogen-bond donors (Lipinski definition) is 1. The van der Waals surface area contributed by atoms with Gasteiger partial charge in [-0.05, 0) is 23.3 Å². The van der Waals surface area contributed by atoms with Gasteiger partial charge >= 0.3 is 6.18 Å². The normalized spacial score (nSPS) is 12.9. The summed E-state index contributed by atoms with van der Waals surface area (Å²) in [6.07, 6.45) is -3.80. The summed E-state index contributed by atoms with van der Waals surface area (Å²) in [7, 11) is -3.38. The molecular weight excluding hydrogens is 357 g/mol. The summed E-state index contributed by atoms with van der Waals surface area (Å²) in [6.45, 7) is 0. The third-order valence-corrected chi connectivity index (χ3v) is 4.43. The number of allylic oxidation sites excluding steroid dienone is 2. The van der Waals surface area contributed by atoms with Crippen LogP contribution in [0.5, 0.6) is 0 Å². The molecule has 0 unspecified atom stereocenters. The Morgan fingerprint density at radius 3 is 2.16 bits per heavy atom. The number of carbonyl (C=O) groups excluding carboxylic acids is 1. The smallest absolute Gasteiger partial charge is 0.448 e. The third-order valence-electron chi connectivity index (χ3n) is 3.32. The van der Waals surface area contributed by atoms with Gasteiger partial charge in [-0.3, -0.25) is 4.79 Å². The van der Waals surface area contributed by atoms with E-state index in [1.807, 2.05) is 0 Å². The Bertz CT molecular complexity index is 927. The topological polar surface area (TPSA) is 71.4 Å². The standard InChI is InChI=1S/C17H13F3O4S/c1-25(23,24)14-4-2-3-13(9-14)11-5-7-12(8-6-11)15(21)10-16(22)17(18,19)20/h2-10,22H,1H3/b16-10-. The molecule has 0 heterocycles. The summed E-state index contributed by atoms with van der Waals surface area (Å²) in [5.74, 6) is -2.96. The van der Waals surface area contributed by atoms with Crippen molar-refractivity contribution in [3.8, 4) is 11.1 Å². The van der Waals surface area contributed by atoms with Gasteiger partial charge in [0.1, 0.15) is 0 Å². The molecule has 0 aliphatic rings. The molecule has 0 fully saturated rings. The van der Waals surface area contributed by atoms with E-state index >= 15 is 0 Å². The number of halogens is 3. The first-order valence-electron chi connectivity index (χ1n) is 6.91. The fourth-order valence-electron chi connectivity index (χ4n) is 2.02. The van der Waals surface area contributed by atoms with Crippen LogP contribution in [0.3, 0.4) is 0 Å². The van der Waals surface area contributed by atoms with Crippen molar-refractivity contribution in [2.75, 3.05) is 6.26 Å². The zero-order valence-corrected chi connectivity index (χ0v) is 13.7. The number of rotatable bonds is 4. The number of hydrogen-bond acceptors (Lipinski definition) is 4. The van der Waals surface area contributed by atoms with Crippen LogP contribution in [-0.4, -0.2) is 31.7 Å². The van der Waals surface area contributed by atoms with Gasteiger partial charge in [-0.1, -0.05) is 36.4 Å². The van der Waals surface area contributed by atoms with Crippen LogP contribution in [-0.2, 0) is 9.84 Å². The average molecular weight is 370 g/mol. The Morgan fingerprint density at radius 2 is 1.64 bits per heavy atom. The lowest BCUT2D eigenvalue weighted by atomic mass is 10.0. The lowest BCUT2D eigenvalue weighted by Crippen LogP contribution is -2.13. The molecule has 0 aliphatic carbocycles. The molecule has 2 rings (SSSR count). The van der Waals surface area contributed by atoms with E-state index in [0.29, 0.717) is 11.1 Å². The van der Waals surface area contributed by atoms with Gasteiger partial charge in [-0.2, -0.15) is 13.2 Å². The largest absolute Gasteiger partial charge is 0.504 e. The van der Waals surface area contributed by atoms with Gasteiger partial charge in [0.15, 0.2) is 15.6 Å². The number of benzene rings is 2. The second-order valence-corrected chi connectivity index (χ2v) is 7.28. The molecule has 4 nitrogen and oxygen atoms in total. The molecule has 0 saturated heterocycles. The van der Waals surface area contributed by atoms with E-state index in [1.54, 1.807) is 12.1 Å². The fourth-order valence-corrected chi connectivity index (χ4v) is 2.69. The highest BCUT2D eigenvalue weighted by Crippen LogP contribution is 2.25. The lowest BCUT2D eigenvalue weighted by Gasteiger charge is -2.06. The number of alkyl halides is 3. The van der Waals surface area contributed by atoms with E-state index in [9.17, 15) is 26.4 Å². The van der Waals surface area contributed by atoms with Gasteiger partial charge in [0.2, 0.25) is 5.76 Å². The molecule has 0 radical (unpaired) electrons. The molecule has 0 amide bonds. The van der Waals surface area contributed by atoms with Crippen LogP contribution in [0.15, 0.2) is 65.3 Å². The van der Waals surface area contributed by atoms with E-state index in [4.69, 9.17) is 5.11 Å². The Kier molecular flexibility index (Phi) is 5.03. The summed E-state index contributed by atoms with van der Waals surface area (Å²) in [4.78, 5) is 11.8. The molecule has 0 atom stereocenters. The maximum Gasteiger partial charge on any atom is 0.448 e. The number of aliphatic hydroxyl groups excluding tert-OH is 1. The first-order valence-corrected chi connectivity index (χ1v) is 8.80. The SMILES string of the molecule is CS(=O)(=O)c1cccc(-c2ccc(C(=O)/C=C(\O)C(F)(F)F)cc2)c1. The Labute approximate surface area is 142 Å². The van der Waals surface area contributed by atoms with Gasteiger partial charge in [0.05, 0.1) is 4.90 Å². The minimum Gasteiger partial charge on any atom is -0.504 e. The Morgan fingerprint density at radius 1 is 1.04 bits per heavy atom. The number of ketones is 1. The maximum atomic E-state index is 12.2. The molecule has 0 bridgehead atoms. The van der Waals surface area contributed by atoms with Gasteiger partial charge in [-0.25, -0.2) is 8.42 Å². The number of carbonyl (C=O) groups is 1. The molecule has 2 aromatic carbocycles. The van der Waals surface area contributed by atoms with Crippen molar-refractivity contribution in [3.05, 3.63) is 65.9 Å². The zero-order chi connectivity index (χ0) is 18.8. The first kappa shape index (κ1) is 18.7. The summed E-state index contributed by atoms with van der Waals surface area (Å²) in [5, 5.41) is 8.82. The van der Waals surface area contributed by atoms with E-state index in [-0.39, 0.29) is 16.5 Å². The molecule has 0 saturated carbocycles. The predicted molar refractivity (Wildman–Crippen MR) is 86.1 cm³/mol. The summed E-state index contributed by atoms with van der Waals surface area (Å²) < 4.78 is 59.8. The quantitative estimate of drug-likeness (QED) is 0.503. The van der Waals surface area contributed by atoms with Crippen LogP contribution in [0.1, 0.15) is 10.4 Å². The Balaban J connectivity index is 2.31. The molecule has 0 aliphatic heterocycles. The average Bonchev–Trinajstić information content (AvgIpc) is 2.53. The molecule has 8 heteroatoms. The highest BCUT2D eigenvalue weighted by molar-refractivity contribution is 7.90. The van der Waals surface area contributed by atoms with Crippen LogP contribution in [0.25, 0.3) is 11.1 Å². The molecule has 0 spiro atoms. The minimum atomic E-state index is -4.98. The van der Waals surface area contributed by atoms with Crippen molar-refractivity contribution in [3.63, 3.8) is 0 Å². The van der Waals surface area contributed by atoms with Crippen LogP contribution in [0.2, 0.25) is 0 Å². The molecule has 132 valence electrons. The summed E-state index contributed by atoms with van der Waals surface area (Å²) in [5.41, 5.74) is 1.13. The lowest BCUT2D eigenvalue weighted by molar-refractivity contribution is -0.120. The van der Waals surface area contributed by atoms with Crippen LogP contribution in [0.4, 0.5) is 13.2 Å². The monoisotopic (exact) mass is 370 g/mol. The van der Waals surface area contributed by atoms with Gasteiger partial charge < -0.3 is 5.11 Å². The highest BCUT2D eigenvalue weighted by Gasteiger charge is 2.34. The van der Waals surface area contributed by atoms with Crippen molar-refractivity contribution >= 4 is 15.6 Å². The molecule has 2 aromatic rings. The second-order valence-electron chi connectivity index (χ2n) is 5.27.